The molecule has 6 aromatic rings. The van der Waals surface area contributed by atoms with Crippen molar-refractivity contribution in [3.05, 3.63) is 102 Å². The van der Waals surface area contributed by atoms with Gasteiger partial charge in [-0.15, -0.1) is 23.5 Å². The standard InChI is InChI=1S/C21H22N2O2S.C21H22N2OS/c1-4-23(5-2)21(24)20-18-17-14(10-8-11-15(17)25-3)22-19(18)13-9-6-7-12-16(13)26-20;1-4-23(5-2)21(24)20-18-14-11-10-13(3)12-16(14)22-19(18)15-8-6-7-9-17(15)25-20/h6-12,20,22H,4-5H2,1-3H3;6-12,20,22H,4-5H2,1-3H3. The predicted octanol–water partition coefficient (Wildman–Crippen LogP) is 10.0. The van der Waals surface area contributed by atoms with Crippen molar-refractivity contribution in [3.8, 4) is 28.3 Å². The zero-order chi connectivity index (χ0) is 35.8. The SMILES string of the molecule is CCN(CC)C(=O)C1Sc2ccccc2-c2[nH]c3cc(C)ccc3c21.CCN(CC)C(=O)C1Sc2ccccc2-c2[nH]c3cccc(OC)c3c21. The smallest absolute Gasteiger partial charge is 0.240 e. The molecule has 7 nitrogen and oxygen atoms in total. The van der Waals surface area contributed by atoms with Gasteiger partial charge < -0.3 is 24.5 Å². The van der Waals surface area contributed by atoms with Crippen LogP contribution in [0.4, 0.5) is 0 Å². The van der Waals surface area contributed by atoms with E-state index in [0.29, 0.717) is 13.1 Å². The highest BCUT2D eigenvalue weighted by atomic mass is 32.2. The van der Waals surface area contributed by atoms with Gasteiger partial charge in [0.15, 0.2) is 0 Å². The Kier molecular flexibility index (Phi) is 9.94. The summed E-state index contributed by atoms with van der Waals surface area (Å²) in [6.45, 7) is 13.1. The number of aromatic amines is 2. The number of H-pyrrole nitrogens is 2. The van der Waals surface area contributed by atoms with Crippen molar-refractivity contribution >= 4 is 57.1 Å². The first kappa shape index (κ1) is 34.8. The number of aryl methyl sites for hydroxylation is 1. The Balaban J connectivity index is 0.000000159. The third-order valence-electron chi connectivity index (χ3n) is 9.96. The maximum atomic E-state index is 13.3. The second-order valence-corrected chi connectivity index (χ2v) is 15.1. The molecule has 2 amide bonds. The molecule has 0 saturated heterocycles. The highest BCUT2D eigenvalue weighted by molar-refractivity contribution is 8.00. The lowest BCUT2D eigenvalue weighted by molar-refractivity contribution is -0.131. The number of thioether (sulfide) groups is 2. The van der Waals surface area contributed by atoms with E-state index in [-0.39, 0.29) is 22.3 Å². The van der Waals surface area contributed by atoms with Gasteiger partial charge in [-0.05, 0) is 70.5 Å². The molecule has 0 saturated carbocycles. The van der Waals surface area contributed by atoms with Crippen molar-refractivity contribution < 1.29 is 14.3 Å². The molecule has 0 bridgehead atoms. The van der Waals surface area contributed by atoms with Gasteiger partial charge in [0.05, 0.1) is 18.5 Å². The first-order valence-corrected chi connectivity index (χ1v) is 19.5. The van der Waals surface area contributed by atoms with E-state index in [0.717, 1.165) is 73.6 Å². The monoisotopic (exact) mass is 716 g/mol. The summed E-state index contributed by atoms with van der Waals surface area (Å²) < 4.78 is 5.63. The number of nitrogens with zero attached hydrogens (tertiary/aromatic N) is 2. The van der Waals surface area contributed by atoms with Crippen LogP contribution >= 0.6 is 23.5 Å². The summed E-state index contributed by atoms with van der Waals surface area (Å²) in [5.41, 5.74) is 9.98. The zero-order valence-corrected chi connectivity index (χ0v) is 31.6. The van der Waals surface area contributed by atoms with E-state index in [1.165, 1.54) is 16.0 Å². The molecule has 2 aliphatic heterocycles. The Hall–Kier alpha value is -4.60. The van der Waals surface area contributed by atoms with Gasteiger partial charge in [0.2, 0.25) is 11.8 Å². The first-order chi connectivity index (χ1) is 24.8. The Morgan fingerprint density at radius 2 is 1.20 bits per heavy atom. The molecule has 8 rings (SSSR count). The number of nitrogens with one attached hydrogen (secondary N) is 2. The molecule has 2 N–H and O–H groups in total. The number of carbonyl (C=O) groups is 2. The first-order valence-electron chi connectivity index (χ1n) is 17.7. The van der Waals surface area contributed by atoms with Gasteiger partial charge in [-0.3, -0.25) is 9.59 Å². The van der Waals surface area contributed by atoms with Crippen LogP contribution in [0.3, 0.4) is 0 Å². The molecule has 2 aliphatic rings. The van der Waals surface area contributed by atoms with Gasteiger partial charge in [-0.25, -0.2) is 0 Å². The maximum Gasteiger partial charge on any atom is 0.240 e. The normalized spacial score (nSPS) is 15.6. The van der Waals surface area contributed by atoms with Crippen LogP contribution in [0.1, 0.15) is 54.9 Å². The number of carbonyl (C=O) groups excluding carboxylic acids is 2. The van der Waals surface area contributed by atoms with Crippen LogP contribution in [0.25, 0.3) is 44.3 Å². The third kappa shape index (κ3) is 6.10. The zero-order valence-electron chi connectivity index (χ0n) is 30.0. The van der Waals surface area contributed by atoms with E-state index in [2.05, 4.69) is 65.4 Å². The Morgan fingerprint density at radius 3 is 1.76 bits per heavy atom. The summed E-state index contributed by atoms with van der Waals surface area (Å²) >= 11 is 3.32. The van der Waals surface area contributed by atoms with E-state index in [1.807, 2.05) is 73.9 Å². The van der Waals surface area contributed by atoms with Crippen molar-refractivity contribution in [2.75, 3.05) is 33.3 Å². The quantitative estimate of drug-likeness (QED) is 0.172. The van der Waals surface area contributed by atoms with Crippen LogP contribution in [-0.4, -0.2) is 64.9 Å². The topological polar surface area (TPSA) is 81.4 Å². The van der Waals surface area contributed by atoms with Crippen molar-refractivity contribution in [1.82, 2.24) is 19.8 Å². The molecule has 262 valence electrons. The number of likely N-dealkylation sites (N-methyl/N-ethyl adjacent to an activating group) is 2. The third-order valence-corrected chi connectivity index (χ3v) is 12.5. The lowest BCUT2D eigenvalue weighted by atomic mass is 10.00. The summed E-state index contributed by atoms with van der Waals surface area (Å²) in [7, 11) is 1.68. The number of hydrogen-bond acceptors (Lipinski definition) is 5. The minimum Gasteiger partial charge on any atom is -0.496 e. The Morgan fingerprint density at radius 1 is 0.667 bits per heavy atom. The molecule has 2 atom stereocenters. The van der Waals surface area contributed by atoms with E-state index < -0.39 is 0 Å². The van der Waals surface area contributed by atoms with E-state index in [1.54, 1.807) is 30.6 Å². The van der Waals surface area contributed by atoms with E-state index in [9.17, 15) is 9.59 Å². The summed E-state index contributed by atoms with van der Waals surface area (Å²) in [5.74, 6) is 1.16. The van der Waals surface area contributed by atoms with Gasteiger partial charge in [0.25, 0.3) is 0 Å². The van der Waals surface area contributed by atoms with Crippen molar-refractivity contribution in [3.63, 3.8) is 0 Å². The number of benzene rings is 4. The fourth-order valence-electron chi connectivity index (χ4n) is 7.38. The molecule has 2 aromatic heterocycles. The number of methoxy groups -OCH3 is 1. The van der Waals surface area contributed by atoms with Crippen LogP contribution in [-0.2, 0) is 9.59 Å². The summed E-state index contributed by atoms with van der Waals surface area (Å²) in [6, 6.07) is 29.1. The molecule has 0 spiro atoms. The molecule has 4 heterocycles. The highest BCUT2D eigenvalue weighted by Crippen LogP contribution is 2.54. The predicted molar refractivity (Wildman–Crippen MR) is 212 cm³/mol. The minimum absolute atomic E-state index is 0.155. The summed E-state index contributed by atoms with van der Waals surface area (Å²) in [5, 5.41) is 1.71. The van der Waals surface area contributed by atoms with Gasteiger partial charge >= 0.3 is 0 Å². The lowest BCUT2D eigenvalue weighted by Gasteiger charge is -2.29. The number of rotatable bonds is 7. The molecular formula is C42H44N4O3S2. The van der Waals surface area contributed by atoms with Gasteiger partial charge in [0.1, 0.15) is 16.2 Å². The molecule has 2 unspecified atom stereocenters. The van der Waals surface area contributed by atoms with Crippen molar-refractivity contribution in [2.24, 2.45) is 0 Å². The Bertz CT molecular complexity index is 2250. The van der Waals surface area contributed by atoms with E-state index in [4.69, 9.17) is 4.74 Å². The number of fused-ring (bicyclic) bond motifs is 10. The molecule has 0 aliphatic carbocycles. The second-order valence-electron chi connectivity index (χ2n) is 12.8. The number of hydrogen-bond donors (Lipinski definition) is 2. The van der Waals surface area contributed by atoms with Crippen LogP contribution < -0.4 is 4.74 Å². The summed E-state index contributed by atoms with van der Waals surface area (Å²) in [6.07, 6.45) is 0. The molecule has 51 heavy (non-hydrogen) atoms. The van der Waals surface area contributed by atoms with Crippen molar-refractivity contribution in [1.29, 1.82) is 0 Å². The molecule has 0 fully saturated rings. The highest BCUT2D eigenvalue weighted by Gasteiger charge is 2.37. The number of ether oxygens (including phenoxy) is 1. The second kappa shape index (κ2) is 14.6. The molecule has 0 radical (unpaired) electrons. The number of aromatic nitrogens is 2. The van der Waals surface area contributed by atoms with Gasteiger partial charge in [-0.2, -0.15) is 0 Å². The largest absolute Gasteiger partial charge is 0.496 e. The summed E-state index contributed by atoms with van der Waals surface area (Å²) in [4.78, 5) is 39.8. The fraction of sp³-hybridized carbons (Fsp3) is 0.286. The lowest BCUT2D eigenvalue weighted by Crippen LogP contribution is -2.34. The van der Waals surface area contributed by atoms with Crippen LogP contribution in [0.5, 0.6) is 5.75 Å². The molecule has 9 heteroatoms. The van der Waals surface area contributed by atoms with Gasteiger partial charge in [0, 0.05) is 80.0 Å². The van der Waals surface area contributed by atoms with Crippen LogP contribution in [0.15, 0.2) is 94.7 Å². The molecule has 4 aromatic carbocycles. The molecular weight excluding hydrogens is 673 g/mol. The van der Waals surface area contributed by atoms with Gasteiger partial charge in [-0.1, -0.05) is 54.6 Å². The van der Waals surface area contributed by atoms with Crippen LogP contribution in [0.2, 0.25) is 0 Å². The fourth-order valence-corrected chi connectivity index (χ4v) is 10.0. The average molecular weight is 717 g/mol. The Labute approximate surface area is 308 Å². The average Bonchev–Trinajstić information content (AvgIpc) is 3.75. The maximum absolute atomic E-state index is 13.3. The van der Waals surface area contributed by atoms with Crippen LogP contribution in [0, 0.1) is 6.92 Å². The van der Waals surface area contributed by atoms with Crippen molar-refractivity contribution in [2.45, 2.75) is 54.9 Å². The van der Waals surface area contributed by atoms with E-state index >= 15 is 0 Å². The minimum atomic E-state index is -0.273. The number of amides is 2.